The zero-order chi connectivity index (χ0) is 17.4. The third-order valence-electron chi connectivity index (χ3n) is 5.81. The largest absolute Gasteiger partial charge is 0.392 e. The summed E-state index contributed by atoms with van der Waals surface area (Å²) in [5, 5.41) is 14.9. The van der Waals surface area contributed by atoms with E-state index in [-0.39, 0.29) is 11.5 Å². The molecule has 1 saturated heterocycles. The Labute approximate surface area is 149 Å². The Balaban J connectivity index is 1.41. The lowest BCUT2D eigenvalue weighted by molar-refractivity contribution is 0.0405. The normalized spacial score (nSPS) is 22.6. The lowest BCUT2D eigenvalue weighted by Gasteiger charge is -2.41. The van der Waals surface area contributed by atoms with Crippen molar-refractivity contribution in [1.82, 2.24) is 15.0 Å². The highest BCUT2D eigenvalue weighted by atomic mass is 16.5. The summed E-state index contributed by atoms with van der Waals surface area (Å²) in [5.74, 6) is 2.03. The summed E-state index contributed by atoms with van der Waals surface area (Å²) in [4.78, 5) is 6.89. The van der Waals surface area contributed by atoms with Crippen molar-refractivity contribution in [2.24, 2.45) is 5.92 Å². The standard InChI is InChI=1S/C20H27N3O2/c1-14(2)11-19-21-18(22-25-19)13-23-9-7-20(8-10-23)16-6-4-3-5-15(16)12-17(20)24/h3-6,14,17,24H,7-13H2,1-2H3/t17-/m0/s1. The van der Waals surface area contributed by atoms with E-state index in [1.807, 2.05) is 0 Å². The van der Waals surface area contributed by atoms with Gasteiger partial charge in [-0.25, -0.2) is 0 Å². The van der Waals surface area contributed by atoms with Crippen molar-refractivity contribution in [1.29, 1.82) is 0 Å². The second kappa shape index (κ2) is 6.54. The molecule has 1 spiro atoms. The average molecular weight is 341 g/mol. The minimum absolute atomic E-state index is 0.0624. The van der Waals surface area contributed by atoms with Gasteiger partial charge in [-0.05, 0) is 49.4 Å². The van der Waals surface area contributed by atoms with Gasteiger partial charge in [-0.1, -0.05) is 43.3 Å². The molecule has 2 heterocycles. The highest BCUT2D eigenvalue weighted by molar-refractivity contribution is 5.42. The minimum atomic E-state index is -0.255. The molecule has 5 nitrogen and oxygen atoms in total. The molecule has 0 bridgehead atoms. The van der Waals surface area contributed by atoms with Crippen LogP contribution in [0.25, 0.3) is 0 Å². The zero-order valence-corrected chi connectivity index (χ0v) is 15.1. The van der Waals surface area contributed by atoms with Crippen molar-refractivity contribution in [2.45, 2.75) is 57.6 Å². The predicted octanol–water partition coefficient (Wildman–Crippen LogP) is 2.72. The number of aromatic nitrogens is 2. The maximum atomic E-state index is 10.7. The Morgan fingerprint density at radius 2 is 2.04 bits per heavy atom. The van der Waals surface area contributed by atoms with E-state index in [0.717, 1.165) is 57.0 Å². The van der Waals surface area contributed by atoms with Gasteiger partial charge >= 0.3 is 0 Å². The monoisotopic (exact) mass is 341 g/mol. The van der Waals surface area contributed by atoms with Crippen LogP contribution < -0.4 is 0 Å². The second-order valence-electron chi connectivity index (χ2n) is 8.01. The number of rotatable bonds is 4. The molecule has 1 N–H and O–H groups in total. The summed E-state index contributed by atoms with van der Waals surface area (Å²) >= 11 is 0. The molecule has 1 aliphatic heterocycles. The molecule has 1 aromatic heterocycles. The first kappa shape index (κ1) is 16.7. The molecule has 1 aromatic carbocycles. The number of fused-ring (bicyclic) bond motifs is 2. The van der Waals surface area contributed by atoms with Crippen LogP contribution in [0.5, 0.6) is 0 Å². The van der Waals surface area contributed by atoms with Crippen LogP contribution in [0, 0.1) is 5.92 Å². The summed E-state index contributed by atoms with van der Waals surface area (Å²) in [5.41, 5.74) is 2.62. The number of hydrogen-bond donors (Lipinski definition) is 1. The molecule has 2 aromatic rings. The Morgan fingerprint density at radius 1 is 1.28 bits per heavy atom. The number of aliphatic hydroxyl groups excluding tert-OH is 1. The molecular weight excluding hydrogens is 314 g/mol. The van der Waals surface area contributed by atoms with Crippen LogP contribution in [-0.4, -0.2) is 39.3 Å². The number of piperidine rings is 1. The number of nitrogens with zero attached hydrogens (tertiary/aromatic N) is 3. The van der Waals surface area contributed by atoms with E-state index in [2.05, 4.69) is 53.2 Å². The van der Waals surface area contributed by atoms with Crippen molar-refractivity contribution in [3.8, 4) is 0 Å². The van der Waals surface area contributed by atoms with Crippen LogP contribution in [0.4, 0.5) is 0 Å². The van der Waals surface area contributed by atoms with Crippen molar-refractivity contribution in [2.75, 3.05) is 13.1 Å². The van der Waals surface area contributed by atoms with Gasteiger partial charge in [0.05, 0.1) is 12.6 Å². The van der Waals surface area contributed by atoms with Crippen LogP contribution in [-0.2, 0) is 24.8 Å². The second-order valence-corrected chi connectivity index (χ2v) is 8.01. The smallest absolute Gasteiger partial charge is 0.226 e. The topological polar surface area (TPSA) is 62.4 Å². The molecule has 0 unspecified atom stereocenters. The lowest BCUT2D eigenvalue weighted by Crippen LogP contribution is -2.47. The highest BCUT2D eigenvalue weighted by Crippen LogP contribution is 2.46. The summed E-state index contributed by atoms with van der Waals surface area (Å²) in [6, 6.07) is 8.54. The Morgan fingerprint density at radius 3 is 2.80 bits per heavy atom. The van der Waals surface area contributed by atoms with E-state index in [4.69, 9.17) is 4.52 Å². The van der Waals surface area contributed by atoms with Crippen molar-refractivity contribution < 1.29 is 9.63 Å². The quantitative estimate of drug-likeness (QED) is 0.926. The molecule has 2 aliphatic rings. The molecule has 1 aliphatic carbocycles. The SMILES string of the molecule is CC(C)Cc1nc(CN2CCC3(CC2)c2ccccc2C[C@@H]3O)no1. The van der Waals surface area contributed by atoms with Gasteiger partial charge in [-0.15, -0.1) is 0 Å². The zero-order valence-electron chi connectivity index (χ0n) is 15.1. The maximum absolute atomic E-state index is 10.7. The molecule has 0 saturated carbocycles. The van der Waals surface area contributed by atoms with Crippen molar-refractivity contribution >= 4 is 0 Å². The van der Waals surface area contributed by atoms with Crippen molar-refractivity contribution in [3.63, 3.8) is 0 Å². The van der Waals surface area contributed by atoms with E-state index in [1.54, 1.807) is 0 Å². The van der Waals surface area contributed by atoms with E-state index >= 15 is 0 Å². The average Bonchev–Trinajstić information content (AvgIpc) is 3.12. The fraction of sp³-hybridized carbons (Fsp3) is 0.600. The first-order valence-electron chi connectivity index (χ1n) is 9.37. The van der Waals surface area contributed by atoms with Crippen LogP contribution in [0.15, 0.2) is 28.8 Å². The van der Waals surface area contributed by atoms with Crippen LogP contribution in [0.3, 0.4) is 0 Å². The predicted molar refractivity (Wildman–Crippen MR) is 95.2 cm³/mol. The van der Waals surface area contributed by atoms with Gasteiger partial charge in [0.1, 0.15) is 0 Å². The maximum Gasteiger partial charge on any atom is 0.226 e. The highest BCUT2D eigenvalue weighted by Gasteiger charge is 2.47. The van der Waals surface area contributed by atoms with Gasteiger partial charge in [0.15, 0.2) is 5.82 Å². The lowest BCUT2D eigenvalue weighted by atomic mass is 9.72. The molecule has 5 heteroatoms. The summed E-state index contributed by atoms with van der Waals surface area (Å²) in [6.45, 7) is 6.95. The number of aliphatic hydroxyl groups is 1. The molecule has 1 fully saturated rings. The Bertz CT molecular complexity index is 732. The molecule has 0 amide bonds. The van der Waals surface area contributed by atoms with Crippen LogP contribution >= 0.6 is 0 Å². The van der Waals surface area contributed by atoms with Gasteiger partial charge in [-0.3, -0.25) is 4.90 Å². The van der Waals surface area contributed by atoms with Crippen LogP contribution in [0.2, 0.25) is 0 Å². The van der Waals surface area contributed by atoms with Crippen LogP contribution in [0.1, 0.15) is 49.5 Å². The van der Waals surface area contributed by atoms with Crippen molar-refractivity contribution in [3.05, 3.63) is 47.1 Å². The fourth-order valence-electron chi connectivity index (χ4n) is 4.47. The Kier molecular flexibility index (Phi) is 4.38. The third-order valence-corrected chi connectivity index (χ3v) is 5.81. The number of benzene rings is 1. The Hall–Kier alpha value is -1.72. The molecule has 1 atom stereocenters. The summed E-state index contributed by atoms with van der Waals surface area (Å²) in [6.07, 6.45) is 3.34. The first-order valence-corrected chi connectivity index (χ1v) is 9.37. The van der Waals surface area contributed by atoms with Gasteiger partial charge in [-0.2, -0.15) is 4.98 Å². The third kappa shape index (κ3) is 3.11. The first-order chi connectivity index (χ1) is 12.1. The number of likely N-dealkylation sites (tertiary alicyclic amines) is 1. The van der Waals surface area contributed by atoms with Gasteiger partial charge < -0.3 is 9.63 Å². The van der Waals surface area contributed by atoms with Gasteiger partial charge in [0.2, 0.25) is 5.89 Å². The van der Waals surface area contributed by atoms with Gasteiger partial charge in [0.25, 0.3) is 0 Å². The molecular formula is C20H27N3O2. The molecule has 25 heavy (non-hydrogen) atoms. The minimum Gasteiger partial charge on any atom is -0.392 e. The number of hydrogen-bond acceptors (Lipinski definition) is 5. The van der Waals surface area contributed by atoms with E-state index in [9.17, 15) is 5.11 Å². The van der Waals surface area contributed by atoms with E-state index in [1.165, 1.54) is 11.1 Å². The fourth-order valence-corrected chi connectivity index (χ4v) is 4.47. The molecule has 4 rings (SSSR count). The van der Waals surface area contributed by atoms with E-state index < -0.39 is 0 Å². The van der Waals surface area contributed by atoms with Gasteiger partial charge in [0, 0.05) is 11.8 Å². The molecule has 134 valence electrons. The van der Waals surface area contributed by atoms with E-state index in [0.29, 0.717) is 5.92 Å². The summed E-state index contributed by atoms with van der Waals surface area (Å²) < 4.78 is 5.35. The summed E-state index contributed by atoms with van der Waals surface area (Å²) in [7, 11) is 0. The molecule has 0 radical (unpaired) electrons.